The number of benzene rings is 1. The Morgan fingerprint density at radius 1 is 1.22 bits per heavy atom. The lowest BCUT2D eigenvalue weighted by molar-refractivity contribution is -0.671. The fraction of sp³-hybridized carbons (Fsp3) is 0.312. The number of aromatic nitrogens is 1. The van der Waals surface area contributed by atoms with Crippen LogP contribution in [-0.2, 0) is 13.5 Å². The average molecular weight is 352 g/mol. The summed E-state index contributed by atoms with van der Waals surface area (Å²) in [5.74, 6) is 0. The Bertz CT molecular complexity index is 561. The molecular formula is C16H19IN+. The van der Waals surface area contributed by atoms with E-state index in [4.69, 9.17) is 0 Å². The summed E-state index contributed by atoms with van der Waals surface area (Å²) in [5.41, 5.74) is 5.41. The lowest BCUT2D eigenvalue weighted by atomic mass is 10.0. The molecule has 0 atom stereocenters. The predicted octanol–water partition coefficient (Wildman–Crippen LogP) is 4.04. The highest BCUT2D eigenvalue weighted by atomic mass is 127. The van der Waals surface area contributed by atoms with Crippen molar-refractivity contribution in [3.8, 4) is 11.1 Å². The van der Waals surface area contributed by atoms with E-state index >= 15 is 0 Å². The van der Waals surface area contributed by atoms with Crippen LogP contribution in [0.2, 0.25) is 0 Å². The topological polar surface area (TPSA) is 3.88 Å². The zero-order valence-corrected chi connectivity index (χ0v) is 13.4. The smallest absolute Gasteiger partial charge is 0.177 e. The van der Waals surface area contributed by atoms with Crippen LogP contribution in [0.3, 0.4) is 0 Å². The maximum absolute atomic E-state index is 2.44. The van der Waals surface area contributed by atoms with Crippen molar-refractivity contribution in [2.45, 2.75) is 26.7 Å². The molecule has 0 spiro atoms. The summed E-state index contributed by atoms with van der Waals surface area (Å²) >= 11 is 2.44. The number of nitrogens with zero attached hydrogens (tertiary/aromatic N) is 1. The van der Waals surface area contributed by atoms with Gasteiger partial charge in [0.15, 0.2) is 12.4 Å². The van der Waals surface area contributed by atoms with Crippen LogP contribution >= 0.6 is 22.6 Å². The van der Waals surface area contributed by atoms with Gasteiger partial charge in [0.2, 0.25) is 0 Å². The summed E-state index contributed by atoms with van der Waals surface area (Å²) in [4.78, 5) is 0. The van der Waals surface area contributed by atoms with Gasteiger partial charge in [-0.15, -0.1) is 0 Å². The summed E-state index contributed by atoms with van der Waals surface area (Å²) < 4.78 is 3.48. The van der Waals surface area contributed by atoms with Crippen molar-refractivity contribution in [1.82, 2.24) is 0 Å². The molecule has 2 heteroatoms. The van der Waals surface area contributed by atoms with Gasteiger partial charge in [0, 0.05) is 9.13 Å². The minimum atomic E-state index is 1.16. The van der Waals surface area contributed by atoms with Crippen molar-refractivity contribution in [3.63, 3.8) is 0 Å². The molecule has 94 valence electrons. The van der Waals surface area contributed by atoms with E-state index in [9.17, 15) is 0 Å². The Hall–Kier alpha value is -0.900. The highest BCUT2D eigenvalue weighted by Crippen LogP contribution is 2.26. The van der Waals surface area contributed by atoms with Gasteiger partial charge in [0.25, 0.3) is 0 Å². The van der Waals surface area contributed by atoms with Gasteiger partial charge in [0.05, 0.1) is 5.56 Å². The molecular weight excluding hydrogens is 333 g/mol. The molecule has 0 fully saturated rings. The molecule has 2 rings (SSSR count). The first-order chi connectivity index (χ1) is 8.61. The molecule has 1 aromatic carbocycles. The highest BCUT2D eigenvalue weighted by Gasteiger charge is 2.11. The number of hydrogen-bond donors (Lipinski definition) is 0. The number of aryl methyl sites for hydroxylation is 3. The fourth-order valence-corrected chi connectivity index (χ4v) is 2.85. The number of pyridine rings is 1. The molecule has 0 bridgehead atoms. The first-order valence-corrected chi connectivity index (χ1v) is 7.44. The van der Waals surface area contributed by atoms with Crippen LogP contribution in [0.25, 0.3) is 11.1 Å². The monoisotopic (exact) mass is 352 g/mol. The van der Waals surface area contributed by atoms with Crippen molar-refractivity contribution < 1.29 is 4.57 Å². The van der Waals surface area contributed by atoms with E-state index in [2.05, 4.69) is 84.7 Å². The molecule has 0 unspecified atom stereocenters. The standard InChI is InChI=1S/C16H19IN/c1-4-6-13-7-5-8-14(9-13)15-11-18(3)10-12(2)16(15)17/h5,7-11H,4,6H2,1-3H3/q+1. The number of halogens is 1. The number of hydrogen-bond acceptors (Lipinski definition) is 0. The third-order valence-electron chi connectivity index (χ3n) is 3.09. The second-order valence-electron chi connectivity index (χ2n) is 4.78. The first-order valence-electron chi connectivity index (χ1n) is 6.36. The van der Waals surface area contributed by atoms with Gasteiger partial charge >= 0.3 is 0 Å². The van der Waals surface area contributed by atoms with E-state index in [0.29, 0.717) is 0 Å². The SMILES string of the molecule is CCCc1cccc(-c2c[n+](C)cc(C)c2I)c1. The second-order valence-corrected chi connectivity index (χ2v) is 5.86. The van der Waals surface area contributed by atoms with Gasteiger partial charge in [-0.25, -0.2) is 4.57 Å². The molecule has 18 heavy (non-hydrogen) atoms. The Kier molecular flexibility index (Phi) is 4.38. The minimum Gasteiger partial charge on any atom is -0.207 e. The van der Waals surface area contributed by atoms with E-state index in [1.807, 2.05) is 0 Å². The van der Waals surface area contributed by atoms with Crippen LogP contribution < -0.4 is 4.57 Å². The quantitative estimate of drug-likeness (QED) is 0.580. The molecule has 2 aromatic rings. The predicted molar refractivity (Wildman–Crippen MR) is 84.5 cm³/mol. The molecule has 1 aromatic heterocycles. The van der Waals surface area contributed by atoms with Gasteiger partial charge in [0.1, 0.15) is 7.05 Å². The summed E-state index contributed by atoms with van der Waals surface area (Å²) in [6.07, 6.45) is 6.73. The lowest BCUT2D eigenvalue weighted by Crippen LogP contribution is -2.28. The van der Waals surface area contributed by atoms with Crippen molar-refractivity contribution >= 4 is 22.6 Å². The van der Waals surface area contributed by atoms with Gasteiger partial charge in [-0.05, 0) is 47.1 Å². The van der Waals surface area contributed by atoms with E-state index in [-0.39, 0.29) is 0 Å². The van der Waals surface area contributed by atoms with Gasteiger partial charge in [-0.2, -0.15) is 0 Å². The van der Waals surface area contributed by atoms with Crippen LogP contribution in [0.5, 0.6) is 0 Å². The summed E-state index contributed by atoms with van der Waals surface area (Å²) in [6.45, 7) is 4.39. The molecule has 0 N–H and O–H groups in total. The number of rotatable bonds is 3. The molecule has 0 saturated carbocycles. The van der Waals surface area contributed by atoms with Crippen molar-refractivity contribution in [1.29, 1.82) is 0 Å². The molecule has 1 heterocycles. The molecule has 0 amide bonds. The van der Waals surface area contributed by atoms with Gasteiger partial charge in [-0.3, -0.25) is 0 Å². The van der Waals surface area contributed by atoms with Crippen LogP contribution in [0, 0.1) is 10.5 Å². The largest absolute Gasteiger partial charge is 0.207 e. The third kappa shape index (κ3) is 2.91. The summed E-state index contributed by atoms with van der Waals surface area (Å²) in [6, 6.07) is 8.91. The Morgan fingerprint density at radius 3 is 2.72 bits per heavy atom. The van der Waals surface area contributed by atoms with E-state index in [1.165, 1.54) is 32.2 Å². The Labute approximate surface area is 123 Å². The summed E-state index contributed by atoms with van der Waals surface area (Å²) in [5, 5.41) is 0. The van der Waals surface area contributed by atoms with Crippen LogP contribution in [0.4, 0.5) is 0 Å². The first kappa shape index (κ1) is 13.5. The fourth-order valence-electron chi connectivity index (χ4n) is 2.26. The van der Waals surface area contributed by atoms with Crippen LogP contribution in [0.15, 0.2) is 36.7 Å². The van der Waals surface area contributed by atoms with Crippen molar-refractivity contribution in [2.24, 2.45) is 7.05 Å². The summed E-state index contributed by atoms with van der Waals surface area (Å²) in [7, 11) is 2.09. The van der Waals surface area contributed by atoms with Crippen LogP contribution in [0.1, 0.15) is 24.5 Å². The van der Waals surface area contributed by atoms with Gasteiger partial charge in [-0.1, -0.05) is 37.6 Å². The Balaban J connectivity index is 2.51. The van der Waals surface area contributed by atoms with E-state index in [0.717, 1.165) is 6.42 Å². The normalized spacial score (nSPS) is 10.7. The van der Waals surface area contributed by atoms with E-state index < -0.39 is 0 Å². The minimum absolute atomic E-state index is 1.16. The molecule has 0 aliphatic rings. The molecule has 1 nitrogen and oxygen atoms in total. The molecule has 0 radical (unpaired) electrons. The maximum atomic E-state index is 2.44. The Morgan fingerprint density at radius 2 is 2.00 bits per heavy atom. The van der Waals surface area contributed by atoms with Gasteiger partial charge < -0.3 is 0 Å². The maximum Gasteiger partial charge on any atom is 0.177 e. The molecule has 0 aliphatic carbocycles. The van der Waals surface area contributed by atoms with E-state index in [1.54, 1.807) is 0 Å². The zero-order valence-electron chi connectivity index (χ0n) is 11.2. The van der Waals surface area contributed by atoms with Crippen LogP contribution in [-0.4, -0.2) is 0 Å². The molecule has 0 saturated heterocycles. The van der Waals surface area contributed by atoms with Crippen molar-refractivity contribution in [2.75, 3.05) is 0 Å². The lowest BCUT2D eigenvalue weighted by Gasteiger charge is -2.07. The zero-order chi connectivity index (χ0) is 13.1. The highest BCUT2D eigenvalue weighted by molar-refractivity contribution is 14.1. The van der Waals surface area contributed by atoms with Crippen molar-refractivity contribution in [3.05, 3.63) is 51.4 Å². The third-order valence-corrected chi connectivity index (χ3v) is 4.52. The second kappa shape index (κ2) is 5.83. The average Bonchev–Trinajstić information content (AvgIpc) is 2.34. The molecule has 0 aliphatic heterocycles.